The molecule has 1 amide bonds. The first-order chi connectivity index (χ1) is 14.2. The van der Waals surface area contributed by atoms with Gasteiger partial charge in [-0.05, 0) is 105 Å². The molecule has 1 N–H and O–H groups in total. The Morgan fingerprint density at radius 2 is 1.97 bits per heavy atom. The van der Waals surface area contributed by atoms with E-state index in [9.17, 15) is 9.90 Å². The molecule has 0 aromatic carbocycles. The second-order valence-electron chi connectivity index (χ2n) is 11.8. The molecule has 0 bridgehead atoms. The first-order valence-electron chi connectivity index (χ1n) is 12.8. The van der Waals surface area contributed by atoms with Gasteiger partial charge in [0.2, 0.25) is 5.91 Å². The smallest absolute Gasteiger partial charge is 0.222 e. The van der Waals surface area contributed by atoms with Crippen molar-refractivity contribution in [2.75, 3.05) is 13.6 Å². The molecule has 30 heavy (non-hydrogen) atoms. The molecule has 4 aliphatic rings. The lowest BCUT2D eigenvalue weighted by atomic mass is 9.47. The monoisotopic (exact) mass is 415 g/mol. The summed E-state index contributed by atoms with van der Waals surface area (Å²) in [7, 11) is 1.93. The molecule has 170 valence electrons. The summed E-state index contributed by atoms with van der Waals surface area (Å²) in [4.78, 5) is 14.2. The van der Waals surface area contributed by atoms with Crippen molar-refractivity contribution in [3.05, 3.63) is 11.6 Å². The average molecular weight is 416 g/mol. The van der Waals surface area contributed by atoms with Crippen LogP contribution >= 0.6 is 0 Å². The summed E-state index contributed by atoms with van der Waals surface area (Å²) in [6, 6.07) is 0. The van der Waals surface area contributed by atoms with Gasteiger partial charge in [-0.2, -0.15) is 0 Å². The van der Waals surface area contributed by atoms with Gasteiger partial charge in [-0.3, -0.25) is 4.79 Å². The van der Waals surface area contributed by atoms with Crippen molar-refractivity contribution in [2.24, 2.45) is 40.4 Å². The van der Waals surface area contributed by atoms with Crippen molar-refractivity contribution in [2.45, 2.75) is 98.0 Å². The van der Waals surface area contributed by atoms with Crippen LogP contribution in [0.4, 0.5) is 0 Å². The fourth-order valence-electron chi connectivity index (χ4n) is 8.54. The molecule has 0 aromatic rings. The number of aliphatic hydroxyl groups excluding tert-OH is 1. The maximum Gasteiger partial charge on any atom is 0.222 e. The number of hydrogen-bond acceptors (Lipinski definition) is 2. The highest BCUT2D eigenvalue weighted by Crippen LogP contribution is 2.67. The third-order valence-electron chi connectivity index (χ3n) is 10.6. The summed E-state index contributed by atoms with van der Waals surface area (Å²) in [5.74, 6) is 4.22. The Morgan fingerprint density at radius 1 is 1.20 bits per heavy atom. The number of carbonyl (C=O) groups is 1. The largest absolute Gasteiger partial charge is 0.393 e. The highest BCUT2D eigenvalue weighted by Gasteiger charge is 2.59. The summed E-state index contributed by atoms with van der Waals surface area (Å²) in [5, 5.41) is 10.2. The van der Waals surface area contributed by atoms with Crippen LogP contribution in [0.1, 0.15) is 91.9 Å². The molecule has 4 aliphatic carbocycles. The zero-order valence-corrected chi connectivity index (χ0v) is 20.1. The predicted molar refractivity (Wildman–Crippen MR) is 123 cm³/mol. The van der Waals surface area contributed by atoms with E-state index >= 15 is 0 Å². The minimum atomic E-state index is -0.110. The molecule has 0 heterocycles. The van der Waals surface area contributed by atoms with E-state index in [2.05, 4.69) is 33.8 Å². The highest BCUT2D eigenvalue weighted by atomic mass is 16.3. The number of nitrogens with zero attached hydrogens (tertiary/aromatic N) is 1. The third-order valence-corrected chi connectivity index (χ3v) is 10.6. The van der Waals surface area contributed by atoms with Gasteiger partial charge < -0.3 is 10.0 Å². The van der Waals surface area contributed by atoms with E-state index in [1.807, 2.05) is 11.9 Å². The summed E-state index contributed by atoms with van der Waals surface area (Å²) in [6.07, 6.45) is 14.0. The molecule has 0 aliphatic heterocycles. The van der Waals surface area contributed by atoms with Crippen LogP contribution in [-0.2, 0) is 4.79 Å². The molecule has 3 fully saturated rings. The first kappa shape index (κ1) is 22.4. The number of amides is 1. The fraction of sp³-hybridized carbons (Fsp3) is 0.889. The Morgan fingerprint density at radius 3 is 2.70 bits per heavy atom. The molecule has 0 spiro atoms. The number of fused-ring (bicyclic) bond motifs is 5. The van der Waals surface area contributed by atoms with Crippen molar-refractivity contribution in [1.29, 1.82) is 0 Å². The van der Waals surface area contributed by atoms with Crippen LogP contribution in [0.15, 0.2) is 11.6 Å². The van der Waals surface area contributed by atoms with Crippen LogP contribution in [0.25, 0.3) is 0 Å². The molecule has 3 nitrogen and oxygen atoms in total. The quantitative estimate of drug-likeness (QED) is 0.575. The summed E-state index contributed by atoms with van der Waals surface area (Å²) in [6.45, 7) is 10.4. The van der Waals surface area contributed by atoms with Gasteiger partial charge >= 0.3 is 0 Å². The highest BCUT2D eigenvalue weighted by molar-refractivity contribution is 5.75. The van der Waals surface area contributed by atoms with E-state index in [-0.39, 0.29) is 6.10 Å². The molecular formula is C27H45NO2. The normalized spacial score (nSPS) is 43.8. The van der Waals surface area contributed by atoms with E-state index in [1.54, 1.807) is 5.57 Å². The summed E-state index contributed by atoms with van der Waals surface area (Å²) in [5.41, 5.74) is 2.37. The van der Waals surface area contributed by atoms with E-state index in [0.29, 0.717) is 29.1 Å². The Hall–Kier alpha value is -0.830. The number of allylic oxidation sites excluding steroid dienone is 1. The molecule has 8 atom stereocenters. The van der Waals surface area contributed by atoms with Crippen LogP contribution in [-0.4, -0.2) is 35.6 Å². The van der Waals surface area contributed by atoms with Crippen molar-refractivity contribution >= 4 is 5.91 Å². The molecule has 3 saturated carbocycles. The maximum absolute atomic E-state index is 12.3. The lowest BCUT2D eigenvalue weighted by molar-refractivity contribution is -0.130. The van der Waals surface area contributed by atoms with Gasteiger partial charge in [-0.15, -0.1) is 0 Å². The third kappa shape index (κ3) is 3.57. The Bertz CT molecular complexity index is 686. The minimum absolute atomic E-state index is 0.110. The van der Waals surface area contributed by atoms with Crippen molar-refractivity contribution in [1.82, 2.24) is 4.90 Å². The van der Waals surface area contributed by atoms with Crippen LogP contribution in [0.2, 0.25) is 0 Å². The number of aliphatic hydroxyl groups is 1. The first-order valence-corrected chi connectivity index (χ1v) is 12.8. The second kappa shape index (κ2) is 8.26. The van der Waals surface area contributed by atoms with Gasteiger partial charge in [0.25, 0.3) is 0 Å². The van der Waals surface area contributed by atoms with E-state index in [1.165, 1.54) is 38.5 Å². The standard InChI is InChI=1S/C27H45NO2/c1-6-28(5)25(30)12-7-18(2)22-10-11-23-21-9-8-19-17-20(29)13-15-26(19,3)24(21)14-16-27(22,23)4/h8,18,20-24,29H,6-7,9-17H2,1-5H3/t18-,20+,21+,22-,23+,24+,26+,27-/m1/s1. The fourth-order valence-corrected chi connectivity index (χ4v) is 8.54. The number of hydrogen-bond donors (Lipinski definition) is 1. The lowest BCUT2D eigenvalue weighted by Gasteiger charge is -2.58. The molecule has 0 aromatic heterocycles. The number of carbonyl (C=O) groups excluding carboxylic acids is 1. The van der Waals surface area contributed by atoms with Crippen molar-refractivity contribution in [3.8, 4) is 0 Å². The predicted octanol–water partition coefficient (Wildman–Crippen LogP) is 5.82. The van der Waals surface area contributed by atoms with E-state index in [0.717, 1.165) is 49.5 Å². The maximum atomic E-state index is 12.3. The van der Waals surface area contributed by atoms with Gasteiger partial charge in [-0.1, -0.05) is 32.4 Å². The second-order valence-corrected chi connectivity index (χ2v) is 11.8. The zero-order valence-electron chi connectivity index (χ0n) is 20.1. The minimum Gasteiger partial charge on any atom is -0.393 e. The van der Waals surface area contributed by atoms with Crippen molar-refractivity contribution < 1.29 is 9.90 Å². The Kier molecular flexibility index (Phi) is 6.16. The van der Waals surface area contributed by atoms with Crippen LogP contribution < -0.4 is 0 Å². The molecule has 3 heteroatoms. The molecule has 4 rings (SSSR count). The molecule has 0 saturated heterocycles. The van der Waals surface area contributed by atoms with Gasteiger partial charge in [0, 0.05) is 20.0 Å². The van der Waals surface area contributed by atoms with Crippen LogP contribution in [0.5, 0.6) is 0 Å². The SMILES string of the molecule is CCN(C)C(=O)CC[C@@H](C)[C@H]1CC[C@H]2[C@@H]3CC=C4C[C@@H](O)CC[C@]4(C)[C@H]3CC[C@]12C. The molecular weight excluding hydrogens is 370 g/mol. The average Bonchev–Trinajstić information content (AvgIpc) is 3.09. The zero-order chi connectivity index (χ0) is 21.7. The lowest BCUT2D eigenvalue weighted by Crippen LogP contribution is -2.50. The summed E-state index contributed by atoms with van der Waals surface area (Å²) < 4.78 is 0. The topological polar surface area (TPSA) is 40.5 Å². The van der Waals surface area contributed by atoms with Gasteiger partial charge in [0.15, 0.2) is 0 Å². The Labute approximate surface area is 184 Å². The molecule has 0 radical (unpaired) electrons. The van der Waals surface area contributed by atoms with Gasteiger partial charge in [0.05, 0.1) is 6.10 Å². The van der Waals surface area contributed by atoms with E-state index < -0.39 is 0 Å². The van der Waals surface area contributed by atoms with Gasteiger partial charge in [-0.25, -0.2) is 0 Å². The van der Waals surface area contributed by atoms with E-state index in [4.69, 9.17) is 0 Å². The van der Waals surface area contributed by atoms with Crippen LogP contribution in [0, 0.1) is 40.4 Å². The Balaban J connectivity index is 1.47. The summed E-state index contributed by atoms with van der Waals surface area (Å²) >= 11 is 0. The van der Waals surface area contributed by atoms with Crippen LogP contribution in [0.3, 0.4) is 0 Å². The molecule has 0 unspecified atom stereocenters. The van der Waals surface area contributed by atoms with Crippen molar-refractivity contribution in [3.63, 3.8) is 0 Å². The number of rotatable bonds is 5. The van der Waals surface area contributed by atoms with Gasteiger partial charge in [0.1, 0.15) is 0 Å².